The van der Waals surface area contributed by atoms with E-state index < -0.39 is 22.7 Å². The van der Waals surface area contributed by atoms with Gasteiger partial charge in [-0.25, -0.2) is 0 Å². The highest BCUT2D eigenvalue weighted by Gasteiger charge is 2.46. The van der Waals surface area contributed by atoms with Gasteiger partial charge in [0.2, 0.25) is 0 Å². The van der Waals surface area contributed by atoms with Crippen LogP contribution in [0.3, 0.4) is 0 Å². The number of likely N-dealkylation sites (tertiary alicyclic amines) is 1. The molecule has 3 rings (SSSR count). The lowest BCUT2D eigenvalue weighted by Gasteiger charge is -2.28. The fraction of sp³-hybridized carbons (Fsp3) is 0.429. The number of nitrogens with zero attached hydrogens (tertiary/aromatic N) is 3. The number of nitro benzene ring substituents is 1. The summed E-state index contributed by atoms with van der Waals surface area (Å²) in [6, 6.07) is 10.1. The summed E-state index contributed by atoms with van der Waals surface area (Å²) >= 11 is 0. The van der Waals surface area contributed by atoms with Gasteiger partial charge in [0.15, 0.2) is 0 Å². The van der Waals surface area contributed by atoms with E-state index in [-0.39, 0.29) is 23.6 Å². The van der Waals surface area contributed by atoms with Gasteiger partial charge >= 0.3 is 0 Å². The van der Waals surface area contributed by atoms with Gasteiger partial charge in [-0.3, -0.25) is 19.7 Å². The van der Waals surface area contributed by atoms with Crippen molar-refractivity contribution >= 4 is 23.1 Å². The molecule has 0 bridgehead atoms. The van der Waals surface area contributed by atoms with E-state index in [0.29, 0.717) is 41.5 Å². The van der Waals surface area contributed by atoms with E-state index in [2.05, 4.69) is 4.90 Å². The number of hydrogen-bond donors (Lipinski definition) is 1. The summed E-state index contributed by atoms with van der Waals surface area (Å²) in [4.78, 5) is 40.9. The molecule has 2 aromatic carbocycles. The molecule has 1 fully saturated rings. The molecule has 1 aliphatic rings. The minimum atomic E-state index is -0.952. The molecule has 198 valence electrons. The van der Waals surface area contributed by atoms with Crippen molar-refractivity contribution in [3.63, 3.8) is 0 Å². The maximum Gasteiger partial charge on any atom is 0.295 e. The third-order valence-corrected chi connectivity index (χ3v) is 6.52. The number of amides is 1. The number of Topliss-reactive ketones (excluding diaryl/α,β-unsaturated/α-hetero) is 1. The number of likely N-dealkylation sites (N-methyl/N-ethyl adjacent to an activating group) is 1. The van der Waals surface area contributed by atoms with Crippen molar-refractivity contribution < 1.29 is 24.4 Å². The summed E-state index contributed by atoms with van der Waals surface area (Å²) in [6.07, 6.45) is 0. The molecule has 1 saturated heterocycles. The molecule has 9 nitrogen and oxygen atoms in total. The van der Waals surface area contributed by atoms with E-state index in [1.54, 1.807) is 31.2 Å². The van der Waals surface area contributed by atoms with Crippen LogP contribution in [-0.2, 0) is 9.59 Å². The Labute approximate surface area is 217 Å². The Hall–Kier alpha value is -3.72. The molecule has 1 aliphatic heterocycles. The molecule has 0 radical (unpaired) electrons. The molecule has 1 amide bonds. The predicted molar refractivity (Wildman–Crippen MR) is 141 cm³/mol. The standard InChI is InChI=1S/C28H35N3O6/c1-6-29(7-2)13-14-30-25(20-9-8-10-21(16-20)31(35)36)24(27(33)28(30)34)26(32)23-12-11-22(15-19(23)5)37-17-18(3)4/h8-12,15-16,18,25,32H,6-7,13-14,17H2,1-5H3/t25-/m0/s1. The Bertz CT molecular complexity index is 1200. The molecule has 0 aromatic heterocycles. The van der Waals surface area contributed by atoms with Crippen LogP contribution in [0.25, 0.3) is 5.76 Å². The molecule has 1 atom stereocenters. The molecule has 0 saturated carbocycles. The highest BCUT2D eigenvalue weighted by atomic mass is 16.6. The van der Waals surface area contributed by atoms with Gasteiger partial charge in [-0.05, 0) is 55.3 Å². The number of ether oxygens (including phenoxy) is 1. The first-order chi connectivity index (χ1) is 17.6. The quantitative estimate of drug-likeness (QED) is 0.154. The van der Waals surface area contributed by atoms with Crippen LogP contribution in [0.1, 0.15) is 50.4 Å². The van der Waals surface area contributed by atoms with Crippen LogP contribution in [0.15, 0.2) is 48.0 Å². The summed E-state index contributed by atoms with van der Waals surface area (Å²) in [5, 5.41) is 22.8. The number of carbonyl (C=O) groups is 2. The third kappa shape index (κ3) is 6.17. The van der Waals surface area contributed by atoms with Crippen LogP contribution in [0.2, 0.25) is 0 Å². The van der Waals surface area contributed by atoms with Gasteiger partial charge < -0.3 is 19.6 Å². The maximum absolute atomic E-state index is 13.3. The molecule has 37 heavy (non-hydrogen) atoms. The Kier molecular flexibility index (Phi) is 9.04. The smallest absolute Gasteiger partial charge is 0.295 e. The first-order valence-corrected chi connectivity index (χ1v) is 12.6. The van der Waals surface area contributed by atoms with Crippen molar-refractivity contribution in [3.05, 3.63) is 74.8 Å². The normalized spacial score (nSPS) is 17.2. The zero-order valence-corrected chi connectivity index (χ0v) is 22.1. The second-order valence-corrected chi connectivity index (χ2v) is 9.55. The predicted octanol–water partition coefficient (Wildman–Crippen LogP) is 4.70. The zero-order chi connectivity index (χ0) is 27.3. The van der Waals surface area contributed by atoms with Gasteiger partial charge in [0.05, 0.1) is 23.1 Å². The van der Waals surface area contributed by atoms with Crippen molar-refractivity contribution in [2.24, 2.45) is 5.92 Å². The molecule has 1 heterocycles. The van der Waals surface area contributed by atoms with Crippen LogP contribution in [0.5, 0.6) is 5.75 Å². The summed E-state index contributed by atoms with van der Waals surface area (Å²) in [6.45, 7) is 12.7. The second kappa shape index (κ2) is 12.0. The Morgan fingerprint density at radius 2 is 1.86 bits per heavy atom. The van der Waals surface area contributed by atoms with E-state index in [0.717, 1.165) is 13.1 Å². The third-order valence-electron chi connectivity index (χ3n) is 6.52. The number of non-ortho nitro benzene ring substituents is 1. The average molecular weight is 510 g/mol. The molecular formula is C28H35N3O6. The minimum Gasteiger partial charge on any atom is -0.507 e. The molecule has 0 unspecified atom stereocenters. The molecule has 2 aromatic rings. The minimum absolute atomic E-state index is 0.0796. The Morgan fingerprint density at radius 1 is 1.16 bits per heavy atom. The number of rotatable bonds is 11. The van der Waals surface area contributed by atoms with Crippen molar-refractivity contribution in [2.45, 2.75) is 40.7 Å². The van der Waals surface area contributed by atoms with Gasteiger partial charge in [0.25, 0.3) is 17.4 Å². The first kappa shape index (κ1) is 27.9. The number of aliphatic hydroxyl groups excluding tert-OH is 1. The zero-order valence-electron chi connectivity index (χ0n) is 22.1. The van der Waals surface area contributed by atoms with Crippen molar-refractivity contribution in [1.29, 1.82) is 0 Å². The van der Waals surface area contributed by atoms with E-state index in [9.17, 15) is 24.8 Å². The monoisotopic (exact) mass is 509 g/mol. The number of aryl methyl sites for hydroxylation is 1. The van der Waals surface area contributed by atoms with Crippen LogP contribution in [0.4, 0.5) is 5.69 Å². The van der Waals surface area contributed by atoms with Crippen molar-refractivity contribution in [3.8, 4) is 5.75 Å². The van der Waals surface area contributed by atoms with Gasteiger partial charge in [0.1, 0.15) is 11.5 Å². The number of aliphatic hydroxyl groups is 1. The van der Waals surface area contributed by atoms with Crippen LogP contribution in [0, 0.1) is 23.0 Å². The topological polar surface area (TPSA) is 113 Å². The van der Waals surface area contributed by atoms with Crippen LogP contribution < -0.4 is 4.74 Å². The number of carbonyl (C=O) groups excluding carboxylic acids is 2. The summed E-state index contributed by atoms with van der Waals surface area (Å²) < 4.78 is 5.77. The lowest BCUT2D eigenvalue weighted by Crippen LogP contribution is -2.38. The Morgan fingerprint density at radius 3 is 2.46 bits per heavy atom. The SMILES string of the molecule is CCN(CC)CCN1C(=O)C(=O)C(=C(O)c2ccc(OCC(C)C)cc2C)[C@@H]1c1cccc([N+](=O)[O-])c1. The van der Waals surface area contributed by atoms with Crippen molar-refractivity contribution in [2.75, 3.05) is 32.8 Å². The van der Waals surface area contributed by atoms with Gasteiger partial charge in [-0.2, -0.15) is 0 Å². The number of hydrogen-bond acceptors (Lipinski definition) is 7. The lowest BCUT2D eigenvalue weighted by molar-refractivity contribution is -0.384. The molecule has 9 heteroatoms. The summed E-state index contributed by atoms with van der Waals surface area (Å²) in [7, 11) is 0. The molecule has 0 spiro atoms. The number of ketones is 1. The first-order valence-electron chi connectivity index (χ1n) is 12.6. The molecular weight excluding hydrogens is 474 g/mol. The van der Waals surface area contributed by atoms with Crippen LogP contribution >= 0.6 is 0 Å². The van der Waals surface area contributed by atoms with E-state index >= 15 is 0 Å². The van der Waals surface area contributed by atoms with E-state index in [4.69, 9.17) is 4.74 Å². The maximum atomic E-state index is 13.3. The largest absolute Gasteiger partial charge is 0.507 e. The number of nitro groups is 1. The Balaban J connectivity index is 2.11. The van der Waals surface area contributed by atoms with Gasteiger partial charge in [0, 0.05) is 30.8 Å². The summed E-state index contributed by atoms with van der Waals surface area (Å²) in [5.74, 6) is -0.880. The summed E-state index contributed by atoms with van der Waals surface area (Å²) in [5.41, 5.74) is 1.22. The van der Waals surface area contributed by atoms with Gasteiger partial charge in [-0.15, -0.1) is 0 Å². The van der Waals surface area contributed by atoms with E-state index in [1.165, 1.54) is 23.1 Å². The number of benzene rings is 2. The van der Waals surface area contributed by atoms with Gasteiger partial charge in [-0.1, -0.05) is 39.8 Å². The lowest BCUT2D eigenvalue weighted by atomic mass is 9.93. The van der Waals surface area contributed by atoms with Crippen molar-refractivity contribution in [1.82, 2.24) is 9.80 Å². The fourth-order valence-corrected chi connectivity index (χ4v) is 4.45. The second-order valence-electron chi connectivity index (χ2n) is 9.55. The highest BCUT2D eigenvalue weighted by Crippen LogP contribution is 2.40. The van der Waals surface area contributed by atoms with Crippen LogP contribution in [-0.4, -0.2) is 64.3 Å². The fourth-order valence-electron chi connectivity index (χ4n) is 4.45. The highest BCUT2D eigenvalue weighted by molar-refractivity contribution is 6.46. The molecule has 1 N–H and O–H groups in total. The molecule has 0 aliphatic carbocycles. The van der Waals surface area contributed by atoms with E-state index in [1.807, 2.05) is 27.7 Å². The average Bonchev–Trinajstić information content (AvgIpc) is 3.12.